The summed E-state index contributed by atoms with van der Waals surface area (Å²) in [6, 6.07) is 6.41. The van der Waals surface area contributed by atoms with Crippen LogP contribution in [0.5, 0.6) is 0 Å². The van der Waals surface area contributed by atoms with Crippen molar-refractivity contribution in [1.82, 2.24) is 0 Å². The van der Waals surface area contributed by atoms with Crippen molar-refractivity contribution in [2.24, 2.45) is 5.73 Å². The van der Waals surface area contributed by atoms with Crippen molar-refractivity contribution in [3.8, 4) is 0 Å². The standard InChI is InChI=1S/C15H23ClN2O/c16-14-7-4-8-15(13(14)11-17)18(9-10-19)12-5-2-1-3-6-12/h4,7-8,12,19H,1-3,5-6,9-11,17H2. The van der Waals surface area contributed by atoms with Crippen LogP contribution in [0.1, 0.15) is 37.7 Å². The highest BCUT2D eigenvalue weighted by atomic mass is 35.5. The molecule has 1 fully saturated rings. The molecule has 3 nitrogen and oxygen atoms in total. The van der Waals surface area contributed by atoms with Gasteiger partial charge in [0.25, 0.3) is 0 Å². The van der Waals surface area contributed by atoms with Crippen molar-refractivity contribution in [3.63, 3.8) is 0 Å². The number of halogens is 1. The summed E-state index contributed by atoms with van der Waals surface area (Å²) in [5, 5.41) is 10.1. The zero-order valence-electron chi connectivity index (χ0n) is 11.3. The van der Waals surface area contributed by atoms with E-state index in [0.717, 1.165) is 16.3 Å². The van der Waals surface area contributed by atoms with Gasteiger partial charge < -0.3 is 15.7 Å². The Morgan fingerprint density at radius 1 is 1.26 bits per heavy atom. The smallest absolute Gasteiger partial charge is 0.0606 e. The first-order chi connectivity index (χ1) is 9.27. The van der Waals surface area contributed by atoms with Gasteiger partial charge in [-0.3, -0.25) is 0 Å². The normalized spacial score (nSPS) is 16.6. The second-order valence-corrected chi connectivity index (χ2v) is 5.56. The van der Waals surface area contributed by atoms with Crippen LogP contribution < -0.4 is 10.6 Å². The summed E-state index contributed by atoms with van der Waals surface area (Å²) in [5.74, 6) is 0. The number of rotatable bonds is 5. The van der Waals surface area contributed by atoms with E-state index in [0.29, 0.717) is 19.1 Å². The van der Waals surface area contributed by atoms with E-state index in [-0.39, 0.29) is 6.61 Å². The van der Waals surface area contributed by atoms with E-state index in [2.05, 4.69) is 11.0 Å². The summed E-state index contributed by atoms with van der Waals surface area (Å²) in [6.07, 6.45) is 6.24. The second-order valence-electron chi connectivity index (χ2n) is 5.15. The zero-order chi connectivity index (χ0) is 13.7. The first kappa shape index (κ1) is 14.6. The third-order valence-corrected chi connectivity index (χ3v) is 4.32. The van der Waals surface area contributed by atoms with Crippen LogP contribution in [0.25, 0.3) is 0 Å². The van der Waals surface area contributed by atoms with Crippen molar-refractivity contribution < 1.29 is 5.11 Å². The highest BCUT2D eigenvalue weighted by molar-refractivity contribution is 6.31. The summed E-state index contributed by atoms with van der Waals surface area (Å²) in [5.41, 5.74) is 7.92. The molecule has 0 bridgehead atoms. The number of aliphatic hydroxyl groups excluding tert-OH is 1. The molecule has 3 N–H and O–H groups in total. The molecule has 4 heteroatoms. The lowest BCUT2D eigenvalue weighted by atomic mass is 9.93. The Morgan fingerprint density at radius 2 is 2.00 bits per heavy atom. The minimum atomic E-state index is 0.160. The fourth-order valence-corrected chi connectivity index (χ4v) is 3.27. The number of anilines is 1. The molecule has 0 amide bonds. The molecule has 1 aliphatic rings. The average Bonchev–Trinajstić information content (AvgIpc) is 2.45. The fraction of sp³-hybridized carbons (Fsp3) is 0.600. The summed E-state index contributed by atoms with van der Waals surface area (Å²) in [4.78, 5) is 2.30. The highest BCUT2D eigenvalue weighted by Gasteiger charge is 2.23. The SMILES string of the molecule is NCc1c(Cl)cccc1N(CCO)C1CCCCC1. The van der Waals surface area contributed by atoms with E-state index in [1.165, 1.54) is 32.1 Å². The van der Waals surface area contributed by atoms with Crippen LogP contribution in [0.4, 0.5) is 5.69 Å². The highest BCUT2D eigenvalue weighted by Crippen LogP contribution is 2.32. The number of nitrogens with two attached hydrogens (primary N) is 1. The van der Waals surface area contributed by atoms with Crippen LogP contribution in [-0.2, 0) is 6.54 Å². The monoisotopic (exact) mass is 282 g/mol. The van der Waals surface area contributed by atoms with E-state index in [9.17, 15) is 5.11 Å². The quantitative estimate of drug-likeness (QED) is 0.873. The Hall–Kier alpha value is -0.770. The van der Waals surface area contributed by atoms with E-state index in [1.54, 1.807) is 0 Å². The largest absolute Gasteiger partial charge is 0.395 e. The lowest BCUT2D eigenvalue weighted by Gasteiger charge is -2.37. The van der Waals surface area contributed by atoms with Crippen LogP contribution in [0.15, 0.2) is 18.2 Å². The van der Waals surface area contributed by atoms with Gasteiger partial charge in [-0.05, 0) is 25.0 Å². The predicted molar refractivity (Wildman–Crippen MR) is 80.6 cm³/mol. The summed E-state index contributed by atoms with van der Waals surface area (Å²) < 4.78 is 0. The molecule has 1 saturated carbocycles. The molecule has 0 spiro atoms. The minimum absolute atomic E-state index is 0.160. The molecule has 0 aliphatic heterocycles. The van der Waals surface area contributed by atoms with Crippen molar-refractivity contribution in [1.29, 1.82) is 0 Å². The molecule has 2 rings (SSSR count). The number of aliphatic hydroxyl groups is 1. The molecule has 0 atom stereocenters. The number of benzene rings is 1. The molecule has 106 valence electrons. The predicted octanol–water partition coefficient (Wildman–Crippen LogP) is 2.93. The molecular weight excluding hydrogens is 260 g/mol. The van der Waals surface area contributed by atoms with Crippen molar-refractivity contribution in [2.75, 3.05) is 18.1 Å². The molecule has 0 radical (unpaired) electrons. The van der Waals surface area contributed by atoms with Gasteiger partial charge in [-0.2, -0.15) is 0 Å². The van der Waals surface area contributed by atoms with Gasteiger partial charge in [0.2, 0.25) is 0 Å². The van der Waals surface area contributed by atoms with Gasteiger partial charge in [-0.25, -0.2) is 0 Å². The molecule has 19 heavy (non-hydrogen) atoms. The Labute approximate surface area is 120 Å². The maximum atomic E-state index is 9.36. The van der Waals surface area contributed by atoms with Crippen molar-refractivity contribution >= 4 is 17.3 Å². The first-order valence-electron chi connectivity index (χ1n) is 7.13. The Bertz CT molecular complexity index is 405. The fourth-order valence-electron chi connectivity index (χ4n) is 3.02. The van der Waals surface area contributed by atoms with Gasteiger partial charge in [0.05, 0.1) is 6.61 Å². The summed E-state index contributed by atoms with van der Waals surface area (Å²) >= 11 is 6.24. The molecule has 0 aromatic heterocycles. The van der Waals surface area contributed by atoms with Gasteiger partial charge >= 0.3 is 0 Å². The third-order valence-electron chi connectivity index (χ3n) is 3.96. The van der Waals surface area contributed by atoms with Crippen molar-refractivity contribution in [3.05, 3.63) is 28.8 Å². The van der Waals surface area contributed by atoms with E-state index < -0.39 is 0 Å². The van der Waals surface area contributed by atoms with Gasteiger partial charge in [-0.15, -0.1) is 0 Å². The van der Waals surface area contributed by atoms with Crippen LogP contribution in [0.2, 0.25) is 5.02 Å². The van der Waals surface area contributed by atoms with E-state index in [4.69, 9.17) is 17.3 Å². The Morgan fingerprint density at radius 3 is 2.63 bits per heavy atom. The van der Waals surface area contributed by atoms with Crippen LogP contribution >= 0.6 is 11.6 Å². The van der Waals surface area contributed by atoms with Crippen LogP contribution in [0, 0.1) is 0 Å². The Balaban J connectivity index is 2.29. The molecule has 1 aromatic carbocycles. The number of nitrogens with zero attached hydrogens (tertiary/aromatic N) is 1. The molecule has 1 aromatic rings. The average molecular weight is 283 g/mol. The number of hydrogen-bond donors (Lipinski definition) is 2. The van der Waals surface area contributed by atoms with Gasteiger partial charge in [0.15, 0.2) is 0 Å². The third kappa shape index (κ3) is 3.41. The number of hydrogen-bond acceptors (Lipinski definition) is 3. The summed E-state index contributed by atoms with van der Waals surface area (Å²) in [6.45, 7) is 1.24. The summed E-state index contributed by atoms with van der Waals surface area (Å²) in [7, 11) is 0. The zero-order valence-corrected chi connectivity index (χ0v) is 12.1. The molecule has 0 saturated heterocycles. The molecule has 0 heterocycles. The second kappa shape index (κ2) is 7.13. The Kier molecular flexibility index (Phi) is 5.49. The van der Waals surface area contributed by atoms with E-state index >= 15 is 0 Å². The molecule has 1 aliphatic carbocycles. The lowest BCUT2D eigenvalue weighted by Crippen LogP contribution is -2.39. The van der Waals surface area contributed by atoms with Crippen LogP contribution in [-0.4, -0.2) is 24.3 Å². The first-order valence-corrected chi connectivity index (χ1v) is 7.50. The topological polar surface area (TPSA) is 49.5 Å². The van der Waals surface area contributed by atoms with Crippen LogP contribution in [0.3, 0.4) is 0 Å². The molecular formula is C15H23ClN2O. The maximum absolute atomic E-state index is 9.36. The van der Waals surface area contributed by atoms with Crippen molar-refractivity contribution in [2.45, 2.75) is 44.7 Å². The van der Waals surface area contributed by atoms with E-state index in [1.807, 2.05) is 12.1 Å². The van der Waals surface area contributed by atoms with Gasteiger partial charge in [0, 0.05) is 35.4 Å². The molecule has 0 unspecified atom stereocenters. The van der Waals surface area contributed by atoms with Gasteiger partial charge in [0.1, 0.15) is 0 Å². The maximum Gasteiger partial charge on any atom is 0.0606 e. The minimum Gasteiger partial charge on any atom is -0.395 e. The lowest BCUT2D eigenvalue weighted by molar-refractivity contribution is 0.290. The van der Waals surface area contributed by atoms with Gasteiger partial charge in [-0.1, -0.05) is 36.9 Å².